The van der Waals surface area contributed by atoms with Gasteiger partial charge in [0.1, 0.15) is 0 Å². The van der Waals surface area contributed by atoms with Crippen molar-refractivity contribution in [1.82, 2.24) is 10.2 Å². The van der Waals surface area contributed by atoms with Crippen LogP contribution in [0.4, 0.5) is 0 Å². The number of nitrogens with one attached hydrogen (secondary N) is 1. The van der Waals surface area contributed by atoms with Crippen molar-refractivity contribution in [1.29, 1.82) is 0 Å². The molecule has 1 fully saturated rings. The minimum Gasteiger partial charge on any atom is -0.390 e. The Morgan fingerprint density at radius 1 is 1.35 bits per heavy atom. The molecule has 2 N–H and O–H groups in total. The summed E-state index contributed by atoms with van der Waals surface area (Å²) in [5, 5.41) is 13.2. The Kier molecular flexibility index (Phi) is 6.45. The van der Waals surface area contributed by atoms with Crippen LogP contribution in [0.2, 0.25) is 0 Å². The van der Waals surface area contributed by atoms with Crippen molar-refractivity contribution < 1.29 is 5.11 Å². The van der Waals surface area contributed by atoms with E-state index in [9.17, 15) is 5.11 Å². The van der Waals surface area contributed by atoms with Crippen LogP contribution in [0.25, 0.3) is 0 Å². The smallest absolute Gasteiger partial charge is 0.0791 e. The molecule has 0 heterocycles. The lowest BCUT2D eigenvalue weighted by molar-refractivity contribution is 0.0816. The maximum Gasteiger partial charge on any atom is 0.0791 e. The van der Waals surface area contributed by atoms with Crippen LogP contribution in [0.15, 0.2) is 0 Å². The number of aliphatic hydroxyl groups is 1. The summed E-state index contributed by atoms with van der Waals surface area (Å²) in [5.74, 6) is 0.849. The van der Waals surface area contributed by atoms with E-state index in [2.05, 4.69) is 38.0 Å². The van der Waals surface area contributed by atoms with Crippen LogP contribution in [-0.2, 0) is 0 Å². The number of hydrogen-bond acceptors (Lipinski definition) is 3. The molecule has 3 nitrogen and oxygen atoms in total. The second kappa shape index (κ2) is 7.34. The first kappa shape index (κ1) is 14.9. The molecule has 0 aromatic carbocycles. The molecule has 102 valence electrons. The number of likely N-dealkylation sites (N-methyl/N-ethyl adjacent to an activating group) is 1. The summed E-state index contributed by atoms with van der Waals surface area (Å²) >= 11 is 0. The van der Waals surface area contributed by atoms with Gasteiger partial charge in [0.15, 0.2) is 0 Å². The highest BCUT2D eigenvalue weighted by atomic mass is 16.3. The monoisotopic (exact) mass is 242 g/mol. The largest absolute Gasteiger partial charge is 0.390 e. The molecule has 1 aliphatic carbocycles. The fourth-order valence-electron chi connectivity index (χ4n) is 2.72. The van der Waals surface area contributed by atoms with Crippen molar-refractivity contribution in [2.45, 2.75) is 64.6 Å². The topological polar surface area (TPSA) is 35.5 Å². The number of aliphatic hydroxyl groups excluding tert-OH is 1. The first-order valence-corrected chi connectivity index (χ1v) is 7.10. The number of rotatable bonds is 6. The van der Waals surface area contributed by atoms with Crippen LogP contribution in [0, 0.1) is 5.92 Å². The third-order valence-corrected chi connectivity index (χ3v) is 3.79. The Morgan fingerprint density at radius 3 is 2.65 bits per heavy atom. The molecular formula is C14H30N2O. The zero-order chi connectivity index (χ0) is 12.8. The average molecular weight is 242 g/mol. The SMILES string of the molecule is CC1CCCC(N(C)CC(O)CNC(C)C)C1. The number of nitrogens with zero attached hydrogens (tertiary/aromatic N) is 1. The van der Waals surface area contributed by atoms with E-state index in [-0.39, 0.29) is 6.10 Å². The van der Waals surface area contributed by atoms with E-state index in [1.165, 1.54) is 25.7 Å². The third-order valence-electron chi connectivity index (χ3n) is 3.79. The van der Waals surface area contributed by atoms with Crippen molar-refractivity contribution in [3.05, 3.63) is 0 Å². The zero-order valence-electron chi connectivity index (χ0n) is 11.9. The summed E-state index contributed by atoms with van der Waals surface area (Å²) in [4.78, 5) is 2.35. The van der Waals surface area contributed by atoms with E-state index in [1.54, 1.807) is 0 Å². The zero-order valence-corrected chi connectivity index (χ0v) is 11.9. The van der Waals surface area contributed by atoms with Gasteiger partial charge in [0, 0.05) is 25.2 Å². The molecule has 0 spiro atoms. The standard InChI is InChI=1S/C14H30N2O/c1-11(2)15-9-14(17)10-16(4)13-7-5-6-12(3)8-13/h11-15,17H,5-10H2,1-4H3. The van der Waals surface area contributed by atoms with Crippen LogP contribution in [0.3, 0.4) is 0 Å². The second-order valence-corrected chi connectivity index (χ2v) is 6.08. The van der Waals surface area contributed by atoms with Gasteiger partial charge in [-0.25, -0.2) is 0 Å². The highest BCUT2D eigenvalue weighted by molar-refractivity contribution is 4.79. The predicted molar refractivity (Wildman–Crippen MR) is 73.2 cm³/mol. The van der Waals surface area contributed by atoms with Crippen molar-refractivity contribution >= 4 is 0 Å². The van der Waals surface area contributed by atoms with Gasteiger partial charge in [-0.05, 0) is 25.8 Å². The summed E-state index contributed by atoms with van der Waals surface area (Å²) in [5.41, 5.74) is 0. The van der Waals surface area contributed by atoms with Crippen molar-refractivity contribution in [2.24, 2.45) is 5.92 Å². The molecule has 1 rings (SSSR count). The molecule has 0 radical (unpaired) electrons. The molecule has 3 heteroatoms. The van der Waals surface area contributed by atoms with Gasteiger partial charge in [0.2, 0.25) is 0 Å². The van der Waals surface area contributed by atoms with E-state index in [0.717, 1.165) is 12.5 Å². The average Bonchev–Trinajstić information content (AvgIpc) is 2.26. The Hall–Kier alpha value is -0.120. The minimum atomic E-state index is -0.250. The molecule has 0 amide bonds. The summed E-state index contributed by atoms with van der Waals surface area (Å²) in [6, 6.07) is 1.12. The van der Waals surface area contributed by atoms with Gasteiger partial charge in [-0.1, -0.05) is 33.6 Å². The fourth-order valence-corrected chi connectivity index (χ4v) is 2.72. The summed E-state index contributed by atoms with van der Waals surface area (Å²) in [6.45, 7) is 8.05. The van der Waals surface area contributed by atoms with Crippen LogP contribution in [0.1, 0.15) is 46.5 Å². The maximum absolute atomic E-state index is 9.96. The van der Waals surface area contributed by atoms with Crippen molar-refractivity contribution in [3.63, 3.8) is 0 Å². The molecular weight excluding hydrogens is 212 g/mol. The van der Waals surface area contributed by atoms with Crippen LogP contribution >= 0.6 is 0 Å². The van der Waals surface area contributed by atoms with E-state index >= 15 is 0 Å². The Labute approximate surface area is 107 Å². The summed E-state index contributed by atoms with van der Waals surface area (Å²) in [7, 11) is 2.15. The molecule has 0 aliphatic heterocycles. The number of hydrogen-bond donors (Lipinski definition) is 2. The van der Waals surface area contributed by atoms with E-state index in [4.69, 9.17) is 0 Å². The lowest BCUT2D eigenvalue weighted by Gasteiger charge is -2.35. The van der Waals surface area contributed by atoms with Crippen LogP contribution < -0.4 is 5.32 Å². The first-order valence-electron chi connectivity index (χ1n) is 7.10. The second-order valence-electron chi connectivity index (χ2n) is 6.08. The molecule has 17 heavy (non-hydrogen) atoms. The molecule has 1 saturated carbocycles. The fraction of sp³-hybridized carbons (Fsp3) is 1.00. The minimum absolute atomic E-state index is 0.250. The van der Waals surface area contributed by atoms with E-state index in [1.807, 2.05) is 0 Å². The van der Waals surface area contributed by atoms with Gasteiger partial charge < -0.3 is 15.3 Å². The van der Waals surface area contributed by atoms with Gasteiger partial charge in [0.25, 0.3) is 0 Å². The lowest BCUT2D eigenvalue weighted by Crippen LogP contribution is -2.43. The molecule has 1 aliphatic rings. The van der Waals surface area contributed by atoms with Crippen LogP contribution in [-0.4, -0.2) is 48.3 Å². The molecule has 3 atom stereocenters. The van der Waals surface area contributed by atoms with Gasteiger partial charge in [-0.2, -0.15) is 0 Å². The highest BCUT2D eigenvalue weighted by Gasteiger charge is 2.23. The maximum atomic E-state index is 9.96. The molecule has 0 aromatic rings. The Bertz CT molecular complexity index is 208. The molecule has 3 unspecified atom stereocenters. The van der Waals surface area contributed by atoms with Crippen molar-refractivity contribution in [2.75, 3.05) is 20.1 Å². The predicted octanol–water partition coefficient (Wildman–Crippen LogP) is 1.86. The van der Waals surface area contributed by atoms with Gasteiger partial charge in [-0.3, -0.25) is 0 Å². The molecule has 0 aromatic heterocycles. The normalized spacial score (nSPS) is 27.7. The van der Waals surface area contributed by atoms with E-state index in [0.29, 0.717) is 18.6 Å². The quantitative estimate of drug-likeness (QED) is 0.746. The van der Waals surface area contributed by atoms with Gasteiger partial charge in [-0.15, -0.1) is 0 Å². The molecule has 0 bridgehead atoms. The Balaban J connectivity index is 2.24. The lowest BCUT2D eigenvalue weighted by atomic mass is 9.86. The van der Waals surface area contributed by atoms with E-state index < -0.39 is 0 Å². The molecule has 0 saturated heterocycles. The Morgan fingerprint density at radius 2 is 2.06 bits per heavy atom. The summed E-state index contributed by atoms with van der Waals surface area (Å²) < 4.78 is 0. The highest BCUT2D eigenvalue weighted by Crippen LogP contribution is 2.26. The van der Waals surface area contributed by atoms with Gasteiger partial charge in [0.05, 0.1) is 6.10 Å². The first-order chi connectivity index (χ1) is 7.99. The summed E-state index contributed by atoms with van der Waals surface area (Å²) in [6.07, 6.45) is 5.06. The van der Waals surface area contributed by atoms with Crippen LogP contribution in [0.5, 0.6) is 0 Å². The van der Waals surface area contributed by atoms with Crippen molar-refractivity contribution in [3.8, 4) is 0 Å². The third kappa shape index (κ3) is 5.84. The van der Waals surface area contributed by atoms with Gasteiger partial charge >= 0.3 is 0 Å².